The van der Waals surface area contributed by atoms with Crippen LogP contribution < -0.4 is 0 Å². The van der Waals surface area contributed by atoms with E-state index in [4.69, 9.17) is 4.99 Å². The first-order chi connectivity index (χ1) is 16.6. The van der Waals surface area contributed by atoms with Gasteiger partial charge in [-0.25, -0.2) is 0 Å². The van der Waals surface area contributed by atoms with Gasteiger partial charge in [-0.05, 0) is 108 Å². The van der Waals surface area contributed by atoms with Crippen LogP contribution in [-0.4, -0.2) is 16.9 Å². The molecule has 0 heterocycles. The third kappa shape index (κ3) is 5.25. The molecule has 3 aromatic rings. The summed E-state index contributed by atoms with van der Waals surface area (Å²) in [6.07, 6.45) is 10.1. The van der Waals surface area contributed by atoms with E-state index in [1.165, 1.54) is 52.4 Å². The van der Waals surface area contributed by atoms with Crippen LogP contribution in [0.15, 0.2) is 65.7 Å². The summed E-state index contributed by atoms with van der Waals surface area (Å²) in [6, 6.07) is 22.3. The maximum Gasteiger partial charge on any atom is 0.128 e. The van der Waals surface area contributed by atoms with E-state index in [9.17, 15) is 5.11 Å². The summed E-state index contributed by atoms with van der Waals surface area (Å²) in [5, 5.41) is 11.7. The van der Waals surface area contributed by atoms with Crippen molar-refractivity contribution in [2.75, 3.05) is 0 Å². The van der Waals surface area contributed by atoms with Crippen LogP contribution in [-0.2, 0) is 25.7 Å². The molecule has 0 aromatic heterocycles. The summed E-state index contributed by atoms with van der Waals surface area (Å²) in [4.78, 5) is 5.40. The van der Waals surface area contributed by atoms with Crippen molar-refractivity contribution < 1.29 is 5.11 Å². The van der Waals surface area contributed by atoms with Gasteiger partial charge in [-0.15, -0.1) is 0 Å². The molecular formula is C31H34INO. The van der Waals surface area contributed by atoms with Crippen LogP contribution in [0.2, 0.25) is 0 Å². The molecule has 5 aliphatic carbocycles. The number of hydrogen-bond acceptors (Lipinski definition) is 2. The highest BCUT2D eigenvalue weighted by Gasteiger charge is 2.24. The van der Waals surface area contributed by atoms with Gasteiger partial charge in [0.05, 0.1) is 11.8 Å². The lowest BCUT2D eigenvalue weighted by atomic mass is 9.84. The van der Waals surface area contributed by atoms with E-state index < -0.39 is 0 Å². The first-order valence-electron chi connectivity index (χ1n) is 12.8. The molecule has 4 bridgehead atoms. The Labute approximate surface area is 217 Å². The van der Waals surface area contributed by atoms with Gasteiger partial charge in [0, 0.05) is 14.7 Å². The van der Waals surface area contributed by atoms with E-state index in [2.05, 4.69) is 90.2 Å². The van der Waals surface area contributed by atoms with Gasteiger partial charge in [0.1, 0.15) is 5.75 Å². The van der Waals surface area contributed by atoms with Crippen molar-refractivity contribution in [3.05, 3.63) is 97.6 Å². The largest absolute Gasteiger partial charge is 0.507 e. The SMILES string of the molecule is C[C@H](N=C(c1ccc(I)cc1)c1c2ccc(c1O)CCc1ccc(cc1)CC2)C1CCCCC1. The van der Waals surface area contributed by atoms with Gasteiger partial charge >= 0.3 is 0 Å². The first kappa shape index (κ1) is 23.6. The molecule has 8 rings (SSSR count). The molecular weight excluding hydrogens is 529 g/mol. The summed E-state index contributed by atoms with van der Waals surface area (Å²) in [5.41, 5.74) is 7.92. The normalized spacial score (nSPS) is 17.9. The van der Waals surface area contributed by atoms with E-state index in [0.29, 0.717) is 11.7 Å². The average Bonchev–Trinajstić information content (AvgIpc) is 2.86. The number of hydrogen-bond donors (Lipinski definition) is 1. The highest BCUT2D eigenvalue weighted by Crippen LogP contribution is 2.34. The molecule has 176 valence electrons. The standard InChI is InChI=1S/C31H34INO/c1-21(24-5-3-2-4-6-24)33-30(26-17-19-28(32)20-18-26)29-25-13-11-22-7-9-23(10-8-22)12-14-27(16-15-25)31(29)34/h7-10,15-21,24,34H,2-6,11-14H2,1H3/t21-/m0/s1. The Bertz CT molecular complexity index is 1160. The second-order valence-corrected chi connectivity index (χ2v) is 11.3. The highest BCUT2D eigenvalue weighted by molar-refractivity contribution is 14.1. The Hall–Kier alpha value is -2.14. The third-order valence-corrected chi connectivity index (χ3v) is 8.48. The summed E-state index contributed by atoms with van der Waals surface area (Å²) in [7, 11) is 0. The summed E-state index contributed by atoms with van der Waals surface area (Å²) in [6.45, 7) is 2.28. The Kier molecular flexibility index (Phi) is 7.38. The van der Waals surface area contributed by atoms with Crippen LogP contribution in [0, 0.1) is 9.49 Å². The maximum absolute atomic E-state index is 11.7. The van der Waals surface area contributed by atoms with E-state index in [0.717, 1.165) is 48.1 Å². The molecule has 3 aromatic carbocycles. The lowest BCUT2D eigenvalue weighted by Gasteiger charge is -2.27. The predicted molar refractivity (Wildman–Crippen MR) is 150 cm³/mol. The van der Waals surface area contributed by atoms with Crippen molar-refractivity contribution in [2.45, 2.75) is 70.8 Å². The van der Waals surface area contributed by atoms with Crippen molar-refractivity contribution in [3.63, 3.8) is 0 Å². The van der Waals surface area contributed by atoms with Gasteiger partial charge in [-0.2, -0.15) is 0 Å². The molecule has 0 amide bonds. The maximum atomic E-state index is 11.7. The zero-order chi connectivity index (χ0) is 23.5. The number of aryl methyl sites for hydroxylation is 4. The molecule has 0 radical (unpaired) electrons. The molecule has 3 heteroatoms. The number of phenolic OH excluding ortho intramolecular Hbond substituents is 1. The number of phenols is 1. The van der Waals surface area contributed by atoms with Crippen molar-refractivity contribution in [1.29, 1.82) is 0 Å². The number of aliphatic imine (C=N–C) groups is 1. The summed E-state index contributed by atoms with van der Waals surface area (Å²) >= 11 is 2.36. The zero-order valence-electron chi connectivity index (χ0n) is 20.1. The lowest BCUT2D eigenvalue weighted by Crippen LogP contribution is -2.21. The zero-order valence-corrected chi connectivity index (χ0v) is 22.2. The molecule has 0 aliphatic heterocycles. The fraction of sp³-hybridized carbons (Fsp3) is 0.387. The topological polar surface area (TPSA) is 32.6 Å². The van der Waals surface area contributed by atoms with Gasteiger partial charge in [0.15, 0.2) is 0 Å². The molecule has 0 spiro atoms. The van der Waals surface area contributed by atoms with Crippen molar-refractivity contribution in [1.82, 2.24) is 0 Å². The second kappa shape index (κ2) is 10.6. The Morgan fingerprint density at radius 1 is 0.794 bits per heavy atom. The lowest BCUT2D eigenvalue weighted by molar-refractivity contribution is 0.318. The van der Waals surface area contributed by atoms with Crippen LogP contribution in [0.4, 0.5) is 0 Å². The molecule has 0 unspecified atom stereocenters. The monoisotopic (exact) mass is 563 g/mol. The van der Waals surface area contributed by atoms with Gasteiger partial charge in [0.2, 0.25) is 0 Å². The van der Waals surface area contributed by atoms with Crippen molar-refractivity contribution in [3.8, 4) is 5.75 Å². The predicted octanol–water partition coefficient (Wildman–Crippen LogP) is 7.69. The quantitative estimate of drug-likeness (QED) is 0.256. The Morgan fingerprint density at radius 3 is 2.03 bits per heavy atom. The number of aromatic hydroxyl groups is 1. The summed E-state index contributed by atoms with van der Waals surface area (Å²) in [5.74, 6) is 1.06. The highest BCUT2D eigenvalue weighted by atomic mass is 127. The molecule has 0 saturated heterocycles. The Morgan fingerprint density at radius 2 is 1.38 bits per heavy atom. The van der Waals surface area contributed by atoms with Gasteiger partial charge in [0.25, 0.3) is 0 Å². The Balaban J connectivity index is 1.62. The van der Waals surface area contributed by atoms with E-state index in [-0.39, 0.29) is 6.04 Å². The molecule has 34 heavy (non-hydrogen) atoms. The number of rotatable bonds is 4. The minimum Gasteiger partial charge on any atom is -0.507 e. The average molecular weight is 564 g/mol. The molecule has 2 nitrogen and oxygen atoms in total. The molecule has 1 N–H and O–H groups in total. The number of benzene rings is 3. The van der Waals surface area contributed by atoms with Crippen LogP contribution in [0.5, 0.6) is 5.75 Å². The van der Waals surface area contributed by atoms with Crippen molar-refractivity contribution >= 4 is 28.3 Å². The van der Waals surface area contributed by atoms with Crippen LogP contribution in [0.1, 0.15) is 72.4 Å². The smallest absolute Gasteiger partial charge is 0.128 e. The molecule has 5 aliphatic rings. The fourth-order valence-electron chi connectivity index (χ4n) is 5.60. The van der Waals surface area contributed by atoms with Crippen LogP contribution >= 0.6 is 22.6 Å². The fourth-order valence-corrected chi connectivity index (χ4v) is 5.96. The minimum atomic E-state index is 0.246. The molecule has 1 saturated carbocycles. The van der Waals surface area contributed by atoms with Gasteiger partial charge in [-0.3, -0.25) is 4.99 Å². The van der Waals surface area contributed by atoms with Crippen LogP contribution in [0.25, 0.3) is 0 Å². The van der Waals surface area contributed by atoms with E-state index >= 15 is 0 Å². The number of halogens is 1. The minimum absolute atomic E-state index is 0.246. The van der Waals surface area contributed by atoms with Crippen molar-refractivity contribution in [2.24, 2.45) is 10.9 Å². The van der Waals surface area contributed by atoms with Crippen LogP contribution in [0.3, 0.4) is 0 Å². The second-order valence-electron chi connectivity index (χ2n) is 10.0. The molecule has 1 fully saturated rings. The van der Waals surface area contributed by atoms with Gasteiger partial charge < -0.3 is 5.11 Å². The summed E-state index contributed by atoms with van der Waals surface area (Å²) < 4.78 is 1.21. The van der Waals surface area contributed by atoms with E-state index in [1.807, 2.05) is 0 Å². The van der Waals surface area contributed by atoms with E-state index in [1.54, 1.807) is 0 Å². The third-order valence-electron chi connectivity index (χ3n) is 7.76. The molecule has 1 atom stereocenters. The first-order valence-corrected chi connectivity index (χ1v) is 13.9. The van der Waals surface area contributed by atoms with Gasteiger partial charge in [-0.1, -0.05) is 67.8 Å². The number of nitrogens with zero attached hydrogens (tertiary/aromatic N) is 1.